The zero-order valence-electron chi connectivity index (χ0n) is 13.7. The molecule has 0 unspecified atom stereocenters. The SMILES string of the molecule is CCCC(=O)Nc1sc2c(c1C(=O)OCC)CC[C@H](CC)C2. The van der Waals surface area contributed by atoms with Gasteiger partial charge >= 0.3 is 5.97 Å². The number of anilines is 1. The summed E-state index contributed by atoms with van der Waals surface area (Å²) in [6.07, 6.45) is 5.44. The van der Waals surface area contributed by atoms with Crippen LogP contribution in [0, 0.1) is 5.92 Å². The van der Waals surface area contributed by atoms with Gasteiger partial charge in [-0.2, -0.15) is 0 Å². The molecule has 1 N–H and O–H groups in total. The Balaban J connectivity index is 2.32. The first kappa shape index (κ1) is 17.0. The maximum atomic E-state index is 12.3. The van der Waals surface area contributed by atoms with Crippen LogP contribution in [0.15, 0.2) is 0 Å². The minimum atomic E-state index is -0.304. The molecule has 4 nitrogen and oxygen atoms in total. The standard InChI is InChI=1S/C17H25NO3S/c1-4-7-14(19)18-16-15(17(20)21-6-3)12-9-8-11(5-2)10-13(12)22-16/h11H,4-10H2,1-3H3,(H,18,19)/t11-/m0/s1. The minimum absolute atomic E-state index is 0.0290. The summed E-state index contributed by atoms with van der Waals surface area (Å²) in [5, 5.41) is 3.60. The van der Waals surface area contributed by atoms with Gasteiger partial charge in [0.2, 0.25) is 5.91 Å². The third-order valence-electron chi connectivity index (χ3n) is 4.15. The summed E-state index contributed by atoms with van der Waals surface area (Å²) in [6, 6.07) is 0. The molecule has 1 aliphatic carbocycles. The lowest BCUT2D eigenvalue weighted by Crippen LogP contribution is -2.17. The van der Waals surface area contributed by atoms with E-state index >= 15 is 0 Å². The molecule has 0 saturated carbocycles. The first-order valence-corrected chi connectivity index (χ1v) is 9.03. The van der Waals surface area contributed by atoms with Crippen molar-refractivity contribution in [2.45, 2.75) is 59.3 Å². The fourth-order valence-corrected chi connectivity index (χ4v) is 4.29. The molecular formula is C17H25NO3S. The van der Waals surface area contributed by atoms with Gasteiger partial charge in [-0.1, -0.05) is 20.3 Å². The average Bonchev–Trinajstić information content (AvgIpc) is 2.84. The summed E-state index contributed by atoms with van der Waals surface area (Å²) in [4.78, 5) is 25.5. The normalized spacial score (nSPS) is 17.0. The number of amides is 1. The predicted molar refractivity (Wildman–Crippen MR) is 89.6 cm³/mol. The van der Waals surface area contributed by atoms with Crippen molar-refractivity contribution >= 4 is 28.2 Å². The summed E-state index contributed by atoms with van der Waals surface area (Å²) in [5.74, 6) is 0.348. The summed E-state index contributed by atoms with van der Waals surface area (Å²) in [6.45, 7) is 6.33. The summed E-state index contributed by atoms with van der Waals surface area (Å²) >= 11 is 1.56. The predicted octanol–water partition coefficient (Wildman–Crippen LogP) is 4.18. The Morgan fingerprint density at radius 1 is 1.32 bits per heavy atom. The Hall–Kier alpha value is -1.36. The fourth-order valence-electron chi connectivity index (χ4n) is 2.93. The Morgan fingerprint density at radius 2 is 2.09 bits per heavy atom. The number of ether oxygens (including phenoxy) is 1. The van der Waals surface area contributed by atoms with Crippen LogP contribution in [-0.2, 0) is 22.4 Å². The van der Waals surface area contributed by atoms with Gasteiger partial charge in [0.05, 0.1) is 12.2 Å². The second-order valence-corrected chi connectivity index (χ2v) is 6.85. The van der Waals surface area contributed by atoms with Gasteiger partial charge in [0, 0.05) is 11.3 Å². The van der Waals surface area contributed by atoms with Crippen LogP contribution in [0.25, 0.3) is 0 Å². The minimum Gasteiger partial charge on any atom is -0.462 e. The molecule has 0 bridgehead atoms. The van der Waals surface area contributed by atoms with Crippen LogP contribution in [0.5, 0.6) is 0 Å². The number of esters is 1. The molecule has 1 aromatic rings. The first-order chi connectivity index (χ1) is 10.6. The second-order valence-electron chi connectivity index (χ2n) is 5.74. The zero-order valence-corrected chi connectivity index (χ0v) is 14.5. The Bertz CT molecular complexity index is 550. The van der Waals surface area contributed by atoms with Crippen LogP contribution < -0.4 is 5.32 Å². The number of thiophene rings is 1. The highest BCUT2D eigenvalue weighted by atomic mass is 32.1. The van der Waals surface area contributed by atoms with E-state index in [0.717, 1.165) is 37.7 Å². The molecule has 0 radical (unpaired) electrons. The molecular weight excluding hydrogens is 298 g/mol. The van der Waals surface area contributed by atoms with Crippen molar-refractivity contribution in [3.8, 4) is 0 Å². The van der Waals surface area contributed by atoms with Crippen LogP contribution in [0.1, 0.15) is 67.3 Å². The van der Waals surface area contributed by atoms with E-state index in [1.165, 1.54) is 4.88 Å². The third-order valence-corrected chi connectivity index (χ3v) is 5.32. The van der Waals surface area contributed by atoms with Crippen LogP contribution >= 0.6 is 11.3 Å². The van der Waals surface area contributed by atoms with Gasteiger partial charge in [-0.25, -0.2) is 4.79 Å². The largest absolute Gasteiger partial charge is 0.462 e. The molecule has 122 valence electrons. The number of hydrogen-bond donors (Lipinski definition) is 1. The number of hydrogen-bond acceptors (Lipinski definition) is 4. The van der Waals surface area contributed by atoms with Gasteiger partial charge < -0.3 is 10.1 Å². The molecule has 1 amide bonds. The van der Waals surface area contributed by atoms with Gasteiger partial charge in [-0.05, 0) is 44.1 Å². The van der Waals surface area contributed by atoms with E-state index in [2.05, 4.69) is 12.2 Å². The highest BCUT2D eigenvalue weighted by Crippen LogP contribution is 2.40. The first-order valence-electron chi connectivity index (χ1n) is 8.22. The van der Waals surface area contributed by atoms with Gasteiger partial charge in [0.25, 0.3) is 0 Å². The number of carbonyl (C=O) groups is 2. The Kier molecular flexibility index (Phi) is 6.00. The number of rotatable bonds is 6. The highest BCUT2D eigenvalue weighted by Gasteiger charge is 2.29. The maximum absolute atomic E-state index is 12.3. The highest BCUT2D eigenvalue weighted by molar-refractivity contribution is 7.17. The monoisotopic (exact) mass is 323 g/mol. The lowest BCUT2D eigenvalue weighted by Gasteiger charge is -2.20. The van der Waals surface area contributed by atoms with Gasteiger partial charge in [0.15, 0.2) is 0 Å². The van der Waals surface area contributed by atoms with Crippen LogP contribution in [0.2, 0.25) is 0 Å². The lowest BCUT2D eigenvalue weighted by atomic mass is 9.85. The molecule has 1 aliphatic rings. The maximum Gasteiger partial charge on any atom is 0.341 e. The van der Waals surface area contributed by atoms with E-state index in [0.29, 0.717) is 29.5 Å². The van der Waals surface area contributed by atoms with Crippen LogP contribution in [-0.4, -0.2) is 18.5 Å². The molecule has 5 heteroatoms. The summed E-state index contributed by atoms with van der Waals surface area (Å²) in [5.41, 5.74) is 1.70. The second kappa shape index (κ2) is 7.77. The third kappa shape index (κ3) is 3.69. The Morgan fingerprint density at radius 3 is 2.73 bits per heavy atom. The average molecular weight is 323 g/mol. The molecule has 0 aromatic carbocycles. The zero-order chi connectivity index (χ0) is 16.1. The van der Waals surface area contributed by atoms with E-state index in [4.69, 9.17) is 4.74 Å². The van der Waals surface area contributed by atoms with Crippen molar-refractivity contribution in [3.05, 3.63) is 16.0 Å². The molecule has 1 atom stereocenters. The fraction of sp³-hybridized carbons (Fsp3) is 0.647. The molecule has 1 heterocycles. The summed E-state index contributed by atoms with van der Waals surface area (Å²) < 4.78 is 5.20. The van der Waals surface area contributed by atoms with Crippen LogP contribution in [0.4, 0.5) is 5.00 Å². The van der Waals surface area contributed by atoms with Crippen molar-refractivity contribution in [2.75, 3.05) is 11.9 Å². The molecule has 0 spiro atoms. The van der Waals surface area contributed by atoms with E-state index in [1.807, 2.05) is 6.92 Å². The smallest absolute Gasteiger partial charge is 0.341 e. The van der Waals surface area contributed by atoms with Crippen molar-refractivity contribution in [1.82, 2.24) is 0 Å². The molecule has 0 saturated heterocycles. The van der Waals surface area contributed by atoms with E-state index in [1.54, 1.807) is 18.3 Å². The van der Waals surface area contributed by atoms with Crippen molar-refractivity contribution < 1.29 is 14.3 Å². The molecule has 0 fully saturated rings. The number of fused-ring (bicyclic) bond motifs is 1. The van der Waals surface area contributed by atoms with E-state index < -0.39 is 0 Å². The quantitative estimate of drug-likeness (QED) is 0.799. The number of nitrogens with one attached hydrogen (secondary N) is 1. The van der Waals surface area contributed by atoms with Crippen molar-refractivity contribution in [1.29, 1.82) is 0 Å². The van der Waals surface area contributed by atoms with Gasteiger partial charge in [0.1, 0.15) is 5.00 Å². The lowest BCUT2D eigenvalue weighted by molar-refractivity contribution is -0.116. The summed E-state index contributed by atoms with van der Waals surface area (Å²) in [7, 11) is 0. The molecule has 1 aromatic heterocycles. The van der Waals surface area contributed by atoms with Gasteiger partial charge in [-0.15, -0.1) is 11.3 Å². The topological polar surface area (TPSA) is 55.4 Å². The molecule has 0 aliphatic heterocycles. The number of carbonyl (C=O) groups excluding carboxylic acids is 2. The van der Waals surface area contributed by atoms with Crippen LogP contribution in [0.3, 0.4) is 0 Å². The van der Waals surface area contributed by atoms with E-state index in [9.17, 15) is 9.59 Å². The Labute approximate surface area is 136 Å². The molecule has 22 heavy (non-hydrogen) atoms. The molecule has 2 rings (SSSR count). The van der Waals surface area contributed by atoms with Crippen molar-refractivity contribution in [3.63, 3.8) is 0 Å². The van der Waals surface area contributed by atoms with Crippen molar-refractivity contribution in [2.24, 2.45) is 5.92 Å². The van der Waals surface area contributed by atoms with Gasteiger partial charge in [-0.3, -0.25) is 4.79 Å². The van der Waals surface area contributed by atoms with E-state index in [-0.39, 0.29) is 11.9 Å².